The van der Waals surface area contributed by atoms with E-state index in [0.717, 1.165) is 17.7 Å². The zero-order chi connectivity index (χ0) is 22.4. The van der Waals surface area contributed by atoms with Crippen LogP contribution in [0.5, 0.6) is 11.5 Å². The van der Waals surface area contributed by atoms with E-state index in [2.05, 4.69) is 5.32 Å². The van der Waals surface area contributed by atoms with E-state index in [1.165, 1.54) is 17.0 Å². The Labute approximate surface area is 176 Å². The van der Waals surface area contributed by atoms with E-state index in [0.29, 0.717) is 11.5 Å². The molecule has 2 amide bonds. The van der Waals surface area contributed by atoms with Gasteiger partial charge in [0.05, 0.1) is 17.0 Å². The van der Waals surface area contributed by atoms with Crippen molar-refractivity contribution < 1.29 is 32.2 Å². The number of fused-ring (bicyclic) bond motifs is 1. The number of benzene rings is 2. The summed E-state index contributed by atoms with van der Waals surface area (Å²) >= 11 is 0. The number of anilines is 1. The molecule has 0 radical (unpaired) electrons. The molecule has 2 aromatic carbocycles. The van der Waals surface area contributed by atoms with E-state index in [-0.39, 0.29) is 37.3 Å². The molecule has 9 heteroatoms. The van der Waals surface area contributed by atoms with Crippen LogP contribution in [0.25, 0.3) is 0 Å². The van der Waals surface area contributed by atoms with Gasteiger partial charge >= 0.3 is 6.18 Å². The smallest absolute Gasteiger partial charge is 0.416 e. The minimum absolute atomic E-state index is 0.0171. The predicted molar refractivity (Wildman–Crippen MR) is 106 cm³/mol. The summed E-state index contributed by atoms with van der Waals surface area (Å²) in [5.41, 5.74) is -0.672. The fourth-order valence-electron chi connectivity index (χ4n) is 3.75. The number of nitrogens with one attached hydrogen (secondary N) is 1. The first-order chi connectivity index (χ1) is 14.5. The van der Waals surface area contributed by atoms with E-state index in [1.54, 1.807) is 12.1 Å². The second-order valence-corrected chi connectivity index (χ2v) is 8.14. The van der Waals surface area contributed by atoms with Crippen LogP contribution in [0.3, 0.4) is 0 Å². The maximum absolute atomic E-state index is 13.0. The van der Waals surface area contributed by atoms with Crippen LogP contribution in [0.1, 0.15) is 31.4 Å². The number of hydrogen-bond donors (Lipinski definition) is 1. The Morgan fingerprint density at radius 2 is 1.81 bits per heavy atom. The van der Waals surface area contributed by atoms with Gasteiger partial charge in [0.1, 0.15) is 0 Å². The highest BCUT2D eigenvalue weighted by atomic mass is 19.4. The van der Waals surface area contributed by atoms with Crippen molar-refractivity contribution in [3.8, 4) is 11.5 Å². The number of alkyl halides is 3. The summed E-state index contributed by atoms with van der Waals surface area (Å²) in [5.74, 6) is -0.184. The molecule has 0 aliphatic carbocycles. The number of amides is 2. The van der Waals surface area contributed by atoms with E-state index in [1.807, 2.05) is 19.9 Å². The monoisotopic (exact) mass is 434 g/mol. The Morgan fingerprint density at radius 3 is 2.55 bits per heavy atom. The molecule has 164 valence electrons. The molecule has 2 aliphatic heterocycles. The topological polar surface area (TPSA) is 67.9 Å². The van der Waals surface area contributed by atoms with Crippen LogP contribution in [-0.4, -0.2) is 25.2 Å². The molecule has 1 fully saturated rings. The first-order valence-corrected chi connectivity index (χ1v) is 9.74. The third kappa shape index (κ3) is 4.17. The Morgan fingerprint density at radius 1 is 1.06 bits per heavy atom. The van der Waals surface area contributed by atoms with E-state index in [4.69, 9.17) is 9.47 Å². The molecule has 1 saturated heterocycles. The summed E-state index contributed by atoms with van der Waals surface area (Å²) in [6.45, 7) is 3.80. The average Bonchev–Trinajstić information content (AvgIpc) is 3.33. The van der Waals surface area contributed by atoms with Gasteiger partial charge in [-0.3, -0.25) is 9.59 Å². The summed E-state index contributed by atoms with van der Waals surface area (Å²) in [7, 11) is 0. The van der Waals surface area contributed by atoms with Gasteiger partial charge in [-0.2, -0.15) is 13.2 Å². The van der Waals surface area contributed by atoms with Gasteiger partial charge < -0.3 is 19.7 Å². The fourth-order valence-corrected chi connectivity index (χ4v) is 3.75. The SMILES string of the molecule is CC(C)(NC(=O)[C@H]1CC(=O)N(c2cccc(C(F)(F)F)c2)C1)c1ccc2c(c1)OCO2. The number of rotatable bonds is 4. The normalized spacial score (nSPS) is 18.4. The fraction of sp³-hybridized carbons (Fsp3) is 0.364. The van der Waals surface area contributed by atoms with E-state index < -0.39 is 23.2 Å². The van der Waals surface area contributed by atoms with E-state index >= 15 is 0 Å². The maximum atomic E-state index is 13.0. The van der Waals surface area contributed by atoms with Crippen molar-refractivity contribution in [2.75, 3.05) is 18.2 Å². The third-order valence-electron chi connectivity index (χ3n) is 5.51. The standard InChI is InChI=1S/C22H21F3N2O4/c1-21(2,14-6-7-17-18(10-14)31-12-30-17)26-20(29)13-8-19(28)27(11-13)16-5-3-4-15(9-16)22(23,24)25/h3-7,9-10,13H,8,11-12H2,1-2H3,(H,26,29)/t13-/m0/s1. The summed E-state index contributed by atoms with van der Waals surface area (Å²) in [6, 6.07) is 9.93. The zero-order valence-electron chi connectivity index (χ0n) is 17.0. The second-order valence-electron chi connectivity index (χ2n) is 8.14. The van der Waals surface area contributed by atoms with Crippen molar-refractivity contribution in [1.82, 2.24) is 5.32 Å². The minimum Gasteiger partial charge on any atom is -0.454 e. The minimum atomic E-state index is -4.51. The van der Waals surface area contributed by atoms with Crippen LogP contribution in [0.4, 0.5) is 18.9 Å². The summed E-state index contributed by atoms with van der Waals surface area (Å²) in [6.07, 6.45) is -4.58. The van der Waals surface area contributed by atoms with Gasteiger partial charge in [-0.1, -0.05) is 12.1 Å². The number of halogens is 3. The highest BCUT2D eigenvalue weighted by Gasteiger charge is 2.38. The maximum Gasteiger partial charge on any atom is 0.416 e. The van der Waals surface area contributed by atoms with Crippen molar-refractivity contribution >= 4 is 17.5 Å². The molecule has 6 nitrogen and oxygen atoms in total. The lowest BCUT2D eigenvalue weighted by Crippen LogP contribution is -2.44. The van der Waals surface area contributed by atoms with Crippen LogP contribution in [-0.2, 0) is 21.3 Å². The van der Waals surface area contributed by atoms with Gasteiger partial charge in [0.2, 0.25) is 18.6 Å². The Kier molecular flexibility index (Phi) is 5.07. The molecular formula is C22H21F3N2O4. The molecule has 2 heterocycles. The highest BCUT2D eigenvalue weighted by molar-refractivity contribution is 6.00. The van der Waals surface area contributed by atoms with Crippen molar-refractivity contribution in [1.29, 1.82) is 0 Å². The molecule has 1 atom stereocenters. The summed E-state index contributed by atoms with van der Waals surface area (Å²) in [4.78, 5) is 26.6. The summed E-state index contributed by atoms with van der Waals surface area (Å²) < 4.78 is 49.7. The van der Waals surface area contributed by atoms with Crippen LogP contribution in [0.2, 0.25) is 0 Å². The first kappa shape index (κ1) is 21.0. The van der Waals surface area contributed by atoms with Gasteiger partial charge in [-0.25, -0.2) is 0 Å². The molecule has 2 aromatic rings. The van der Waals surface area contributed by atoms with Crippen molar-refractivity contribution in [3.05, 3.63) is 53.6 Å². The quantitative estimate of drug-likeness (QED) is 0.794. The lowest BCUT2D eigenvalue weighted by atomic mass is 9.92. The van der Waals surface area contributed by atoms with Crippen LogP contribution < -0.4 is 19.7 Å². The summed E-state index contributed by atoms with van der Waals surface area (Å²) in [5, 5.41) is 2.94. The second kappa shape index (κ2) is 7.47. The lowest BCUT2D eigenvalue weighted by molar-refractivity contribution is -0.137. The van der Waals surface area contributed by atoms with Crippen LogP contribution >= 0.6 is 0 Å². The molecule has 0 spiro atoms. The van der Waals surface area contributed by atoms with E-state index in [9.17, 15) is 22.8 Å². The molecule has 0 aromatic heterocycles. The molecule has 31 heavy (non-hydrogen) atoms. The molecule has 0 unspecified atom stereocenters. The van der Waals surface area contributed by atoms with Crippen molar-refractivity contribution in [2.45, 2.75) is 32.0 Å². The average molecular weight is 434 g/mol. The van der Waals surface area contributed by atoms with Crippen molar-refractivity contribution in [2.24, 2.45) is 5.92 Å². The van der Waals surface area contributed by atoms with Gasteiger partial charge in [0.25, 0.3) is 0 Å². The van der Waals surface area contributed by atoms with Crippen LogP contribution in [0, 0.1) is 5.92 Å². The number of ether oxygens (including phenoxy) is 2. The van der Waals surface area contributed by atoms with Crippen LogP contribution in [0.15, 0.2) is 42.5 Å². The van der Waals surface area contributed by atoms with Gasteiger partial charge in [0, 0.05) is 18.7 Å². The van der Waals surface area contributed by atoms with Gasteiger partial charge in [-0.05, 0) is 49.7 Å². The lowest BCUT2D eigenvalue weighted by Gasteiger charge is -2.28. The molecule has 4 rings (SSSR count). The highest BCUT2D eigenvalue weighted by Crippen LogP contribution is 2.36. The number of hydrogen-bond acceptors (Lipinski definition) is 4. The zero-order valence-corrected chi connectivity index (χ0v) is 17.0. The number of carbonyl (C=O) groups excluding carboxylic acids is 2. The largest absolute Gasteiger partial charge is 0.454 e. The number of nitrogens with zero attached hydrogens (tertiary/aromatic N) is 1. The first-order valence-electron chi connectivity index (χ1n) is 9.74. The molecule has 0 bridgehead atoms. The molecule has 0 saturated carbocycles. The Bertz CT molecular complexity index is 1040. The van der Waals surface area contributed by atoms with Crippen molar-refractivity contribution in [3.63, 3.8) is 0 Å². The van der Waals surface area contributed by atoms with Gasteiger partial charge in [0.15, 0.2) is 11.5 Å². The Hall–Kier alpha value is -3.23. The van der Waals surface area contributed by atoms with Gasteiger partial charge in [-0.15, -0.1) is 0 Å². The molecular weight excluding hydrogens is 413 g/mol. The predicted octanol–water partition coefficient (Wildman–Crippen LogP) is 3.84. The Balaban J connectivity index is 1.47. The number of carbonyl (C=O) groups is 2. The third-order valence-corrected chi connectivity index (χ3v) is 5.51. The molecule has 1 N–H and O–H groups in total. The molecule has 2 aliphatic rings.